The van der Waals surface area contributed by atoms with Gasteiger partial charge in [0.2, 0.25) is 5.91 Å². The second kappa shape index (κ2) is 6.85. The van der Waals surface area contributed by atoms with Crippen LogP contribution in [0.5, 0.6) is 11.5 Å². The van der Waals surface area contributed by atoms with Gasteiger partial charge in [0, 0.05) is 11.0 Å². The normalized spacial score (nSPS) is 11.8. The molecule has 0 aromatic heterocycles. The topological polar surface area (TPSA) is 47.6 Å². The molecular weight excluding hydrogens is 321 g/mol. The zero-order valence-electron chi connectivity index (χ0n) is 10.4. The fourth-order valence-corrected chi connectivity index (χ4v) is 2.41. The number of methoxy groups -OCH3 is 2. The molecule has 1 aromatic rings. The van der Waals surface area contributed by atoms with Crippen LogP contribution in [0.3, 0.4) is 0 Å². The molecule has 0 spiro atoms. The molecule has 1 amide bonds. The molecule has 6 heteroatoms. The summed E-state index contributed by atoms with van der Waals surface area (Å²) in [6.45, 7) is 2.37. The van der Waals surface area contributed by atoms with E-state index >= 15 is 0 Å². The van der Waals surface area contributed by atoms with E-state index in [1.54, 1.807) is 19.2 Å². The Kier molecular flexibility index (Phi) is 5.75. The van der Waals surface area contributed by atoms with Crippen molar-refractivity contribution in [3.8, 4) is 11.5 Å². The molecule has 0 aliphatic heterocycles. The number of rotatable bonds is 5. The second-order valence-electron chi connectivity index (χ2n) is 3.49. The SMILES string of the molecule is CCNC(=O)C(Cl)c1cc(OC)c(OC)cc1Br. The molecule has 1 rings (SSSR count). The number of benzene rings is 1. The molecule has 0 heterocycles. The van der Waals surface area contributed by atoms with Crippen LogP contribution in [0.2, 0.25) is 0 Å². The Labute approximate surface area is 120 Å². The lowest BCUT2D eigenvalue weighted by molar-refractivity contribution is -0.120. The number of carbonyl (C=O) groups excluding carboxylic acids is 1. The summed E-state index contributed by atoms with van der Waals surface area (Å²) in [5.41, 5.74) is 0.639. The van der Waals surface area contributed by atoms with Crippen LogP contribution in [0.15, 0.2) is 16.6 Å². The molecule has 0 saturated heterocycles. The van der Waals surface area contributed by atoms with Gasteiger partial charge < -0.3 is 14.8 Å². The molecule has 18 heavy (non-hydrogen) atoms. The number of ether oxygens (including phenoxy) is 2. The van der Waals surface area contributed by atoms with E-state index in [0.29, 0.717) is 28.1 Å². The van der Waals surface area contributed by atoms with Crippen molar-refractivity contribution >= 4 is 33.4 Å². The summed E-state index contributed by atoms with van der Waals surface area (Å²) in [4.78, 5) is 11.7. The third-order valence-corrected chi connectivity index (χ3v) is 3.48. The summed E-state index contributed by atoms with van der Waals surface area (Å²) < 4.78 is 11.0. The largest absolute Gasteiger partial charge is 0.493 e. The number of nitrogens with one attached hydrogen (secondary N) is 1. The minimum absolute atomic E-state index is 0.243. The summed E-state index contributed by atoms with van der Waals surface area (Å²) in [6, 6.07) is 3.42. The van der Waals surface area contributed by atoms with Crippen molar-refractivity contribution < 1.29 is 14.3 Å². The third kappa shape index (κ3) is 3.29. The quantitative estimate of drug-likeness (QED) is 0.841. The molecule has 0 radical (unpaired) electrons. The summed E-state index contributed by atoms with van der Waals surface area (Å²) in [5, 5.41) is 1.89. The number of hydrogen-bond donors (Lipinski definition) is 1. The number of halogens is 2. The number of amides is 1. The highest BCUT2D eigenvalue weighted by atomic mass is 79.9. The Morgan fingerprint density at radius 1 is 1.39 bits per heavy atom. The van der Waals surface area contributed by atoms with E-state index < -0.39 is 5.38 Å². The van der Waals surface area contributed by atoms with Gasteiger partial charge in [-0.25, -0.2) is 0 Å². The molecule has 0 fully saturated rings. The Morgan fingerprint density at radius 2 is 1.94 bits per heavy atom. The lowest BCUT2D eigenvalue weighted by Gasteiger charge is -2.15. The first-order valence-electron chi connectivity index (χ1n) is 5.38. The Morgan fingerprint density at radius 3 is 2.44 bits per heavy atom. The fraction of sp³-hybridized carbons (Fsp3) is 0.417. The smallest absolute Gasteiger partial charge is 0.242 e. The van der Waals surface area contributed by atoms with E-state index in [1.165, 1.54) is 7.11 Å². The third-order valence-electron chi connectivity index (χ3n) is 2.36. The molecule has 0 saturated carbocycles. The maximum absolute atomic E-state index is 11.7. The van der Waals surface area contributed by atoms with Crippen molar-refractivity contribution in [3.05, 3.63) is 22.2 Å². The summed E-state index contributed by atoms with van der Waals surface area (Å²) in [5.74, 6) is 0.866. The van der Waals surface area contributed by atoms with Crippen molar-refractivity contribution in [2.75, 3.05) is 20.8 Å². The monoisotopic (exact) mass is 335 g/mol. The molecule has 1 atom stereocenters. The predicted molar refractivity (Wildman–Crippen MR) is 74.5 cm³/mol. The van der Waals surface area contributed by atoms with Crippen LogP contribution in [-0.2, 0) is 4.79 Å². The van der Waals surface area contributed by atoms with Crippen LogP contribution in [0.1, 0.15) is 17.9 Å². The molecule has 1 unspecified atom stereocenters. The first-order chi connectivity index (χ1) is 8.54. The van der Waals surface area contributed by atoms with Gasteiger partial charge >= 0.3 is 0 Å². The maximum Gasteiger partial charge on any atom is 0.242 e. The Hall–Kier alpha value is -0.940. The molecule has 1 aromatic carbocycles. The lowest BCUT2D eigenvalue weighted by atomic mass is 10.1. The van der Waals surface area contributed by atoms with Gasteiger partial charge in [0.25, 0.3) is 0 Å². The number of alkyl halides is 1. The van der Waals surface area contributed by atoms with Crippen molar-refractivity contribution in [1.82, 2.24) is 5.32 Å². The van der Waals surface area contributed by atoms with Crippen LogP contribution < -0.4 is 14.8 Å². The van der Waals surface area contributed by atoms with Gasteiger partial charge in [-0.1, -0.05) is 15.9 Å². The van der Waals surface area contributed by atoms with Crippen LogP contribution >= 0.6 is 27.5 Å². The van der Waals surface area contributed by atoms with Gasteiger partial charge in [-0.15, -0.1) is 11.6 Å². The Balaban J connectivity index is 3.12. The minimum Gasteiger partial charge on any atom is -0.493 e. The first kappa shape index (κ1) is 15.1. The molecular formula is C12H15BrClNO3. The van der Waals surface area contributed by atoms with E-state index in [1.807, 2.05) is 6.92 Å². The average molecular weight is 337 g/mol. The number of carbonyl (C=O) groups is 1. The van der Waals surface area contributed by atoms with E-state index in [0.717, 1.165) is 0 Å². The van der Waals surface area contributed by atoms with Crippen molar-refractivity contribution in [2.24, 2.45) is 0 Å². The first-order valence-corrected chi connectivity index (χ1v) is 6.61. The van der Waals surface area contributed by atoms with Crippen LogP contribution in [0, 0.1) is 0 Å². The van der Waals surface area contributed by atoms with E-state index in [4.69, 9.17) is 21.1 Å². The molecule has 0 bridgehead atoms. The van der Waals surface area contributed by atoms with Crippen molar-refractivity contribution in [1.29, 1.82) is 0 Å². The van der Waals surface area contributed by atoms with Gasteiger partial charge in [-0.2, -0.15) is 0 Å². The van der Waals surface area contributed by atoms with Crippen molar-refractivity contribution in [3.63, 3.8) is 0 Å². The Bertz CT molecular complexity index is 440. The zero-order chi connectivity index (χ0) is 13.7. The van der Waals surface area contributed by atoms with Gasteiger partial charge in [0.1, 0.15) is 5.38 Å². The highest BCUT2D eigenvalue weighted by Crippen LogP contribution is 2.37. The number of hydrogen-bond acceptors (Lipinski definition) is 3. The average Bonchev–Trinajstić information content (AvgIpc) is 2.37. The van der Waals surface area contributed by atoms with Gasteiger partial charge in [0.15, 0.2) is 11.5 Å². The molecule has 4 nitrogen and oxygen atoms in total. The molecule has 0 aliphatic carbocycles. The van der Waals surface area contributed by atoms with Crippen LogP contribution in [-0.4, -0.2) is 26.7 Å². The molecule has 0 aliphatic rings. The van der Waals surface area contributed by atoms with Crippen LogP contribution in [0.25, 0.3) is 0 Å². The standard InChI is InChI=1S/C12H15BrClNO3/c1-4-15-12(16)11(14)7-5-9(17-2)10(18-3)6-8(7)13/h5-6,11H,4H2,1-3H3,(H,15,16). The summed E-state index contributed by atoms with van der Waals surface area (Å²) in [7, 11) is 3.08. The van der Waals surface area contributed by atoms with Crippen LogP contribution in [0.4, 0.5) is 0 Å². The van der Waals surface area contributed by atoms with E-state index in [9.17, 15) is 4.79 Å². The van der Waals surface area contributed by atoms with E-state index in [-0.39, 0.29) is 5.91 Å². The zero-order valence-corrected chi connectivity index (χ0v) is 12.8. The molecule has 100 valence electrons. The number of likely N-dealkylation sites (N-methyl/N-ethyl adjacent to an activating group) is 1. The predicted octanol–water partition coefficient (Wildman–Crippen LogP) is 2.88. The highest BCUT2D eigenvalue weighted by Gasteiger charge is 2.22. The lowest BCUT2D eigenvalue weighted by Crippen LogP contribution is -2.26. The second-order valence-corrected chi connectivity index (χ2v) is 4.78. The van der Waals surface area contributed by atoms with Gasteiger partial charge in [-0.3, -0.25) is 4.79 Å². The summed E-state index contributed by atoms with van der Waals surface area (Å²) >= 11 is 9.50. The summed E-state index contributed by atoms with van der Waals surface area (Å²) in [6.07, 6.45) is 0. The maximum atomic E-state index is 11.7. The van der Waals surface area contributed by atoms with Crippen molar-refractivity contribution in [2.45, 2.75) is 12.3 Å². The minimum atomic E-state index is -0.779. The van der Waals surface area contributed by atoms with E-state index in [2.05, 4.69) is 21.2 Å². The van der Waals surface area contributed by atoms with Gasteiger partial charge in [0.05, 0.1) is 14.2 Å². The highest BCUT2D eigenvalue weighted by molar-refractivity contribution is 9.10. The molecule has 1 N–H and O–H groups in total. The fourth-order valence-electron chi connectivity index (χ4n) is 1.47. The van der Waals surface area contributed by atoms with Gasteiger partial charge in [-0.05, 0) is 24.6 Å².